The summed E-state index contributed by atoms with van der Waals surface area (Å²) in [5, 5.41) is 16.3. The number of nitrogens with zero attached hydrogens (tertiary/aromatic N) is 1. The molecule has 42 heavy (non-hydrogen) atoms. The van der Waals surface area contributed by atoms with Gasteiger partial charge in [0.05, 0.1) is 6.04 Å². The molecule has 2 aromatic carbocycles. The Morgan fingerprint density at radius 3 is 2.36 bits per heavy atom. The summed E-state index contributed by atoms with van der Waals surface area (Å²) < 4.78 is 38.4. The van der Waals surface area contributed by atoms with Crippen molar-refractivity contribution in [2.75, 3.05) is 19.3 Å². The predicted molar refractivity (Wildman–Crippen MR) is 153 cm³/mol. The standard InChI is InChI=1S/C31H34FN3O6S/c1-42(40,41)26(32)16-20(15-18-13-14-33-28(18)36)34-29(37)27-21-10-6-7-19(21)17-35(27)30(38)31(39)24-11-4-2-8-22(24)23-9-3-5-12-25(23)31/h2-5,8-9,11-12,16,18-21,27,39H,6-7,10,13-15,17H2,1H3,(H,33,36)(H,34,37)/b26-16+/t18-,19+,20+,21+,27-/m0/s1. The topological polar surface area (TPSA) is 133 Å². The van der Waals surface area contributed by atoms with Crippen LogP contribution in [0.2, 0.25) is 0 Å². The van der Waals surface area contributed by atoms with Crippen LogP contribution in [0.5, 0.6) is 0 Å². The zero-order valence-electron chi connectivity index (χ0n) is 23.3. The highest BCUT2D eigenvalue weighted by atomic mass is 32.2. The van der Waals surface area contributed by atoms with E-state index in [2.05, 4.69) is 10.6 Å². The molecule has 2 aromatic rings. The molecule has 2 aliphatic carbocycles. The second-order valence-electron chi connectivity index (χ2n) is 11.9. The van der Waals surface area contributed by atoms with Crippen molar-refractivity contribution < 1.29 is 32.3 Å². The molecule has 3 N–H and O–H groups in total. The van der Waals surface area contributed by atoms with Crippen LogP contribution in [0, 0.1) is 17.8 Å². The minimum atomic E-state index is -4.17. The van der Waals surface area contributed by atoms with E-state index in [0.717, 1.165) is 36.3 Å². The molecule has 0 spiro atoms. The molecule has 2 aliphatic heterocycles. The number of benzene rings is 2. The van der Waals surface area contributed by atoms with Crippen molar-refractivity contribution in [3.8, 4) is 11.1 Å². The van der Waals surface area contributed by atoms with Crippen molar-refractivity contribution >= 4 is 27.6 Å². The number of hydrogen-bond acceptors (Lipinski definition) is 6. The smallest absolute Gasteiger partial charge is 0.264 e. The average Bonchev–Trinajstić information content (AvgIpc) is 3.72. The van der Waals surface area contributed by atoms with Crippen molar-refractivity contribution in [2.24, 2.45) is 17.8 Å². The SMILES string of the molecule is CS(=O)(=O)/C(F)=C/[C@@H](C[C@@H]1CCNC1=O)NC(=O)[C@@H]1[C@@H]2CCC[C@@H]2CN1C(=O)C1(O)c2ccccc2-c2ccccc21. The zero-order valence-corrected chi connectivity index (χ0v) is 24.1. The second kappa shape index (κ2) is 10.6. The molecule has 3 amide bonds. The first-order valence-electron chi connectivity index (χ1n) is 14.4. The first-order chi connectivity index (χ1) is 20.0. The number of likely N-dealkylation sites (tertiary alicyclic amines) is 1. The predicted octanol–water partition coefficient (Wildman–Crippen LogP) is 2.40. The van der Waals surface area contributed by atoms with Gasteiger partial charge >= 0.3 is 0 Å². The molecular formula is C31H34FN3O6S. The number of sulfone groups is 1. The maximum absolute atomic E-state index is 14.6. The molecule has 2 saturated heterocycles. The summed E-state index contributed by atoms with van der Waals surface area (Å²) in [6, 6.07) is 12.3. The van der Waals surface area contributed by atoms with Crippen LogP contribution in [-0.2, 0) is 29.8 Å². The quantitative estimate of drug-likeness (QED) is 0.451. The lowest BCUT2D eigenvalue weighted by Crippen LogP contribution is -2.55. The van der Waals surface area contributed by atoms with Gasteiger partial charge in [-0.2, -0.15) is 4.39 Å². The van der Waals surface area contributed by atoms with Crippen LogP contribution in [0.3, 0.4) is 0 Å². The lowest BCUT2D eigenvalue weighted by atomic mass is 9.88. The Hall–Kier alpha value is -3.57. The van der Waals surface area contributed by atoms with Gasteiger partial charge in [0.15, 0.2) is 5.60 Å². The summed E-state index contributed by atoms with van der Waals surface area (Å²) in [4.78, 5) is 42.2. The van der Waals surface area contributed by atoms with E-state index in [4.69, 9.17) is 0 Å². The molecule has 1 saturated carbocycles. The van der Waals surface area contributed by atoms with E-state index in [0.29, 0.717) is 30.5 Å². The zero-order chi connectivity index (χ0) is 29.8. The summed E-state index contributed by atoms with van der Waals surface area (Å²) in [6.07, 6.45) is 4.50. The van der Waals surface area contributed by atoms with Gasteiger partial charge in [0.25, 0.3) is 5.91 Å². The van der Waals surface area contributed by atoms with Crippen molar-refractivity contribution in [1.82, 2.24) is 15.5 Å². The maximum atomic E-state index is 14.6. The Kier molecular flexibility index (Phi) is 7.21. The van der Waals surface area contributed by atoms with Crippen LogP contribution in [-0.4, -0.2) is 67.6 Å². The molecule has 9 nitrogen and oxygen atoms in total. The third-order valence-corrected chi connectivity index (χ3v) is 10.2. The van der Waals surface area contributed by atoms with Gasteiger partial charge in [-0.1, -0.05) is 55.0 Å². The van der Waals surface area contributed by atoms with Crippen molar-refractivity contribution in [1.29, 1.82) is 0 Å². The third-order valence-electron chi connectivity index (χ3n) is 9.37. The van der Waals surface area contributed by atoms with E-state index in [-0.39, 0.29) is 30.7 Å². The fourth-order valence-corrected chi connectivity index (χ4v) is 7.81. The normalized spacial score (nSPS) is 26.8. The fourth-order valence-electron chi connectivity index (χ4n) is 7.40. The Morgan fingerprint density at radius 2 is 1.76 bits per heavy atom. The number of carbonyl (C=O) groups is 3. The lowest BCUT2D eigenvalue weighted by molar-refractivity contribution is -0.152. The summed E-state index contributed by atoms with van der Waals surface area (Å²) in [6.45, 7) is 0.732. The second-order valence-corrected chi connectivity index (χ2v) is 13.9. The van der Waals surface area contributed by atoms with Gasteiger partial charge in [-0.25, -0.2) is 8.42 Å². The Bertz CT molecular complexity index is 1540. The highest BCUT2D eigenvalue weighted by Gasteiger charge is 2.56. The van der Waals surface area contributed by atoms with Gasteiger partial charge in [-0.15, -0.1) is 0 Å². The van der Waals surface area contributed by atoms with Crippen molar-refractivity contribution in [2.45, 2.75) is 49.8 Å². The van der Waals surface area contributed by atoms with E-state index < -0.39 is 50.4 Å². The maximum Gasteiger partial charge on any atom is 0.264 e. The Labute approximate surface area is 244 Å². The number of fused-ring (bicyclic) bond motifs is 4. The molecule has 0 aromatic heterocycles. The Morgan fingerprint density at radius 1 is 1.12 bits per heavy atom. The number of hydrogen-bond donors (Lipinski definition) is 3. The summed E-state index contributed by atoms with van der Waals surface area (Å²) in [5.41, 5.74) is 0.418. The first-order valence-corrected chi connectivity index (χ1v) is 16.3. The van der Waals surface area contributed by atoms with Crippen LogP contribution >= 0.6 is 0 Å². The molecule has 222 valence electrons. The monoisotopic (exact) mass is 595 g/mol. The van der Waals surface area contributed by atoms with E-state index in [1.165, 1.54) is 4.90 Å². The van der Waals surface area contributed by atoms with E-state index in [9.17, 15) is 32.3 Å². The summed E-state index contributed by atoms with van der Waals surface area (Å²) >= 11 is 0. The molecule has 5 atom stereocenters. The van der Waals surface area contributed by atoms with E-state index in [1.54, 1.807) is 24.3 Å². The number of amides is 3. The molecule has 2 heterocycles. The van der Waals surface area contributed by atoms with Crippen molar-refractivity contribution in [3.63, 3.8) is 0 Å². The summed E-state index contributed by atoms with van der Waals surface area (Å²) in [5.74, 6) is -2.02. The molecule has 0 radical (unpaired) electrons. The van der Waals surface area contributed by atoms with Crippen LogP contribution in [0.4, 0.5) is 4.39 Å². The fraction of sp³-hybridized carbons (Fsp3) is 0.452. The minimum absolute atomic E-state index is 0.0139. The van der Waals surface area contributed by atoms with Gasteiger partial charge in [0.1, 0.15) is 6.04 Å². The van der Waals surface area contributed by atoms with Gasteiger partial charge < -0.3 is 20.6 Å². The average molecular weight is 596 g/mol. The Balaban J connectivity index is 1.34. The molecular weight excluding hydrogens is 561 g/mol. The van der Waals surface area contributed by atoms with Crippen molar-refractivity contribution in [3.05, 3.63) is 70.9 Å². The molecule has 4 aliphatic rings. The van der Waals surface area contributed by atoms with Gasteiger partial charge in [0, 0.05) is 36.4 Å². The number of nitrogens with one attached hydrogen (secondary N) is 2. The lowest BCUT2D eigenvalue weighted by Gasteiger charge is -2.34. The van der Waals surface area contributed by atoms with Crippen LogP contribution in [0.15, 0.2) is 59.8 Å². The molecule has 11 heteroatoms. The van der Waals surface area contributed by atoms with Crippen LogP contribution in [0.25, 0.3) is 11.1 Å². The number of aliphatic hydroxyl groups is 1. The van der Waals surface area contributed by atoms with Gasteiger partial charge in [-0.05, 0) is 54.7 Å². The highest BCUT2D eigenvalue weighted by Crippen LogP contribution is 2.50. The highest BCUT2D eigenvalue weighted by molar-refractivity contribution is 7.94. The van der Waals surface area contributed by atoms with Crippen LogP contribution in [0.1, 0.15) is 43.2 Å². The molecule has 0 bridgehead atoms. The number of rotatable bonds is 7. The van der Waals surface area contributed by atoms with Gasteiger partial charge in [-0.3, -0.25) is 14.4 Å². The third kappa shape index (κ3) is 4.72. The summed E-state index contributed by atoms with van der Waals surface area (Å²) in [7, 11) is -4.17. The number of halogens is 1. The minimum Gasteiger partial charge on any atom is -0.372 e. The molecule has 0 unspecified atom stereocenters. The van der Waals surface area contributed by atoms with Gasteiger partial charge in [0.2, 0.25) is 26.8 Å². The van der Waals surface area contributed by atoms with E-state index in [1.807, 2.05) is 24.3 Å². The molecule has 6 rings (SSSR count). The largest absolute Gasteiger partial charge is 0.372 e. The van der Waals surface area contributed by atoms with Crippen LogP contribution < -0.4 is 10.6 Å². The number of carbonyl (C=O) groups excluding carboxylic acids is 3. The molecule has 3 fully saturated rings. The first kappa shape index (κ1) is 28.5. The van der Waals surface area contributed by atoms with E-state index >= 15 is 0 Å².